The third kappa shape index (κ3) is 8.72. The second kappa shape index (κ2) is 13.3. The molecule has 0 radical (unpaired) electrons. The maximum atomic E-state index is 12.3. The molecule has 1 saturated heterocycles. The second-order valence-electron chi connectivity index (χ2n) is 7.85. The maximum Gasteiger partial charge on any atom is 0.479 e. The summed E-state index contributed by atoms with van der Waals surface area (Å²) in [5.74, 6) is -1.58. The van der Waals surface area contributed by atoms with Gasteiger partial charge in [-0.05, 0) is 6.26 Å². The SMILES string of the molecule is COCOC1C(COP(=O)(O)OP(=O)(O)CP(=O)(O)O)OC(n2cnc3c(N)nc(SC)nc32)C1OCOC. The van der Waals surface area contributed by atoms with E-state index in [0.29, 0.717) is 5.16 Å². The van der Waals surface area contributed by atoms with Crippen molar-refractivity contribution in [3.63, 3.8) is 0 Å². The Morgan fingerprint density at radius 3 is 2.31 bits per heavy atom. The van der Waals surface area contributed by atoms with Crippen LogP contribution in [0.4, 0.5) is 5.82 Å². The van der Waals surface area contributed by atoms with Gasteiger partial charge < -0.3 is 49.0 Å². The van der Waals surface area contributed by atoms with E-state index in [0.717, 1.165) is 0 Å². The van der Waals surface area contributed by atoms with Gasteiger partial charge in [-0.3, -0.25) is 18.2 Å². The molecular formula is C16H28N5O14P3S. The fourth-order valence-electron chi connectivity index (χ4n) is 3.54. The minimum atomic E-state index is -5.33. The van der Waals surface area contributed by atoms with Crippen molar-refractivity contribution in [1.29, 1.82) is 0 Å². The van der Waals surface area contributed by atoms with Crippen molar-refractivity contribution >= 4 is 51.8 Å². The fourth-order valence-corrected chi connectivity index (χ4v) is 8.26. The Kier molecular flexibility index (Phi) is 11.1. The Labute approximate surface area is 225 Å². The molecule has 39 heavy (non-hydrogen) atoms. The highest BCUT2D eigenvalue weighted by atomic mass is 32.2. The van der Waals surface area contributed by atoms with Crippen molar-refractivity contribution in [2.24, 2.45) is 0 Å². The molecule has 0 aliphatic carbocycles. The highest BCUT2D eigenvalue weighted by molar-refractivity contribution is 7.98. The third-order valence-corrected chi connectivity index (χ3v) is 10.7. The Balaban J connectivity index is 1.90. The van der Waals surface area contributed by atoms with Crippen LogP contribution in [-0.2, 0) is 46.2 Å². The van der Waals surface area contributed by atoms with Gasteiger partial charge >= 0.3 is 23.0 Å². The lowest BCUT2D eigenvalue weighted by Gasteiger charge is -2.25. The first kappa shape index (κ1) is 32.5. The van der Waals surface area contributed by atoms with Crippen LogP contribution < -0.4 is 5.73 Å². The number of hydrogen-bond acceptors (Lipinski definition) is 15. The number of phosphoric ester groups is 1. The normalized spacial score (nSPS) is 25.1. The topological polar surface area (TPSA) is 266 Å². The zero-order valence-electron chi connectivity index (χ0n) is 20.7. The van der Waals surface area contributed by atoms with Crippen molar-refractivity contribution in [2.75, 3.05) is 52.3 Å². The summed E-state index contributed by atoms with van der Waals surface area (Å²) in [6, 6.07) is 0. The van der Waals surface area contributed by atoms with Crippen LogP contribution in [0.25, 0.3) is 11.2 Å². The summed E-state index contributed by atoms with van der Waals surface area (Å²) in [6.07, 6.45) is -1.13. The van der Waals surface area contributed by atoms with Gasteiger partial charge in [0.05, 0.1) is 12.9 Å². The molecule has 19 nitrogen and oxygen atoms in total. The summed E-state index contributed by atoms with van der Waals surface area (Å²) >= 11 is 1.24. The molecule has 222 valence electrons. The molecule has 23 heteroatoms. The van der Waals surface area contributed by atoms with Crippen molar-refractivity contribution in [2.45, 2.75) is 29.7 Å². The monoisotopic (exact) mass is 639 g/mol. The van der Waals surface area contributed by atoms with E-state index in [1.54, 1.807) is 6.26 Å². The first-order valence-electron chi connectivity index (χ1n) is 10.7. The number of rotatable bonds is 15. The lowest BCUT2D eigenvalue weighted by Crippen LogP contribution is -2.39. The molecule has 6 unspecified atom stereocenters. The molecule has 0 bridgehead atoms. The van der Waals surface area contributed by atoms with Gasteiger partial charge in [-0.25, -0.2) is 23.8 Å². The summed E-state index contributed by atoms with van der Waals surface area (Å²) in [5.41, 5.74) is 6.56. The molecule has 0 aromatic carbocycles. The highest BCUT2D eigenvalue weighted by Gasteiger charge is 2.49. The summed E-state index contributed by atoms with van der Waals surface area (Å²) in [5, 5.41) is 0.350. The minimum absolute atomic E-state index is 0.115. The van der Waals surface area contributed by atoms with Gasteiger partial charge in [0.1, 0.15) is 37.4 Å². The summed E-state index contributed by atoms with van der Waals surface area (Å²) < 4.78 is 73.3. The number of ether oxygens (including phenoxy) is 5. The van der Waals surface area contributed by atoms with Crippen LogP contribution in [0.15, 0.2) is 11.5 Å². The molecular weight excluding hydrogens is 611 g/mol. The molecule has 3 rings (SSSR count). The van der Waals surface area contributed by atoms with Gasteiger partial charge in [-0.2, -0.15) is 0 Å². The second-order valence-corrected chi connectivity index (χ2v) is 14.2. The number of phosphoric acid groups is 1. The Morgan fingerprint density at radius 2 is 1.72 bits per heavy atom. The lowest BCUT2D eigenvalue weighted by molar-refractivity contribution is -0.158. The fraction of sp³-hybridized carbons (Fsp3) is 0.688. The molecule has 0 saturated carbocycles. The standard InChI is InChI=1S/C16H28N5O14P3S/c1-29-6-31-11-9(4-33-38(27,28)35-37(25,26)8-36(22,23)24)34-15(12(11)32-7-30-2)21-5-18-10-13(17)19-16(39-3)20-14(10)21/h5,9,11-12,15H,4,6-8H2,1-3H3,(H,25,26)(H,27,28)(H2,17,19,20)(H2,22,23,24). The Hall–Kier alpha value is -1.05. The number of fused-ring (bicyclic) bond motifs is 1. The van der Waals surface area contributed by atoms with E-state index in [4.69, 9.17) is 43.7 Å². The van der Waals surface area contributed by atoms with Crippen LogP contribution in [0.5, 0.6) is 0 Å². The quantitative estimate of drug-likeness (QED) is 0.0766. The van der Waals surface area contributed by atoms with Crippen LogP contribution in [0.2, 0.25) is 0 Å². The minimum Gasteiger partial charge on any atom is -0.382 e. The molecule has 0 spiro atoms. The van der Waals surface area contributed by atoms with Crippen molar-refractivity contribution in [3.8, 4) is 0 Å². The molecule has 2 aromatic rings. The van der Waals surface area contributed by atoms with Gasteiger partial charge in [-0.15, -0.1) is 0 Å². The van der Waals surface area contributed by atoms with Gasteiger partial charge in [0.15, 0.2) is 28.8 Å². The number of thioether (sulfide) groups is 1. The molecule has 6 N–H and O–H groups in total. The number of nitrogen functional groups attached to an aromatic ring is 1. The number of hydrogen-bond donors (Lipinski definition) is 5. The van der Waals surface area contributed by atoms with Gasteiger partial charge in [0.2, 0.25) is 0 Å². The zero-order valence-corrected chi connectivity index (χ0v) is 24.2. The Bertz CT molecular complexity index is 1280. The number of anilines is 1. The van der Waals surface area contributed by atoms with Crippen molar-refractivity contribution < 1.29 is 65.8 Å². The maximum absolute atomic E-state index is 12.3. The third-order valence-electron chi connectivity index (χ3n) is 4.92. The number of nitrogens with zero attached hydrogens (tertiary/aromatic N) is 4. The molecule has 6 atom stereocenters. The van der Waals surface area contributed by atoms with E-state index in [9.17, 15) is 23.5 Å². The summed E-state index contributed by atoms with van der Waals surface area (Å²) in [7, 11) is -12.9. The number of nitrogens with two attached hydrogens (primary N) is 1. The number of methoxy groups -OCH3 is 2. The van der Waals surface area contributed by atoms with Crippen molar-refractivity contribution in [1.82, 2.24) is 19.5 Å². The van der Waals surface area contributed by atoms with E-state index in [1.807, 2.05) is 0 Å². The molecule has 1 fully saturated rings. The molecule has 1 aliphatic rings. The van der Waals surface area contributed by atoms with Gasteiger partial charge in [0, 0.05) is 14.2 Å². The first-order valence-corrected chi connectivity index (χ1v) is 16.9. The summed E-state index contributed by atoms with van der Waals surface area (Å²) in [4.78, 5) is 50.2. The predicted molar refractivity (Wildman–Crippen MR) is 133 cm³/mol. The van der Waals surface area contributed by atoms with Crippen LogP contribution in [0, 0.1) is 0 Å². The van der Waals surface area contributed by atoms with Crippen LogP contribution in [0.1, 0.15) is 6.23 Å². The van der Waals surface area contributed by atoms with E-state index in [-0.39, 0.29) is 30.6 Å². The molecule has 2 aromatic heterocycles. The van der Waals surface area contributed by atoms with E-state index >= 15 is 0 Å². The first-order chi connectivity index (χ1) is 18.2. The van der Waals surface area contributed by atoms with Crippen LogP contribution in [0.3, 0.4) is 0 Å². The van der Waals surface area contributed by atoms with Crippen LogP contribution in [-0.4, -0.2) is 104 Å². The van der Waals surface area contributed by atoms with Gasteiger partial charge in [-0.1, -0.05) is 11.8 Å². The predicted octanol–water partition coefficient (Wildman–Crippen LogP) is 0.460. The van der Waals surface area contributed by atoms with Crippen LogP contribution >= 0.6 is 34.8 Å². The molecule has 1 aliphatic heterocycles. The van der Waals surface area contributed by atoms with E-state index in [1.165, 1.54) is 36.9 Å². The van der Waals surface area contributed by atoms with E-state index in [2.05, 4.69) is 19.3 Å². The smallest absolute Gasteiger partial charge is 0.382 e. The largest absolute Gasteiger partial charge is 0.479 e. The lowest BCUT2D eigenvalue weighted by atomic mass is 10.1. The molecule has 0 amide bonds. The van der Waals surface area contributed by atoms with E-state index < -0.39 is 60.1 Å². The Morgan fingerprint density at radius 1 is 1.08 bits per heavy atom. The zero-order chi connectivity index (χ0) is 29.0. The average Bonchev–Trinajstić information content (AvgIpc) is 3.38. The van der Waals surface area contributed by atoms with Gasteiger partial charge in [0.25, 0.3) is 0 Å². The highest BCUT2D eigenvalue weighted by Crippen LogP contribution is 2.65. The molecule has 3 heterocycles. The average molecular weight is 639 g/mol. The number of aromatic nitrogens is 4. The number of imidazole rings is 1. The van der Waals surface area contributed by atoms with Crippen molar-refractivity contribution in [3.05, 3.63) is 6.33 Å². The summed E-state index contributed by atoms with van der Waals surface area (Å²) in [6.45, 7) is -1.24.